The normalized spacial score (nSPS) is 13.5. The highest BCUT2D eigenvalue weighted by Gasteiger charge is 2.42. The van der Waals surface area contributed by atoms with Crippen molar-refractivity contribution in [1.29, 1.82) is 0 Å². The summed E-state index contributed by atoms with van der Waals surface area (Å²) in [6.07, 6.45) is -4.73. The lowest BCUT2D eigenvalue weighted by Gasteiger charge is -2.23. The van der Waals surface area contributed by atoms with Crippen LogP contribution in [0.1, 0.15) is 16.7 Å². The summed E-state index contributed by atoms with van der Waals surface area (Å²) >= 11 is 0. The van der Waals surface area contributed by atoms with E-state index in [1.807, 2.05) is 0 Å². The lowest BCUT2D eigenvalue weighted by molar-refractivity contribution is -0.148. The van der Waals surface area contributed by atoms with E-state index in [0.29, 0.717) is 16.8 Å². The number of hydrogen-bond acceptors (Lipinski definition) is 3. The molecule has 0 radical (unpaired) electrons. The summed E-state index contributed by atoms with van der Waals surface area (Å²) in [5.41, 5.74) is 2.14. The van der Waals surface area contributed by atoms with Gasteiger partial charge in [0.1, 0.15) is 6.04 Å². The van der Waals surface area contributed by atoms with Crippen molar-refractivity contribution in [2.75, 3.05) is 11.9 Å². The Kier molecular flexibility index (Phi) is 5.98. The molecule has 142 valence electrons. The number of benzene rings is 2. The molecular weight excluding hydrogens is 365 g/mol. The van der Waals surface area contributed by atoms with Gasteiger partial charge in [0, 0.05) is 12.2 Å². The highest BCUT2D eigenvalue weighted by molar-refractivity contribution is 7.89. The van der Waals surface area contributed by atoms with E-state index < -0.39 is 28.8 Å². The summed E-state index contributed by atoms with van der Waals surface area (Å²) in [4.78, 5) is -0.114. The summed E-state index contributed by atoms with van der Waals surface area (Å²) in [5, 5.41) is 2.62. The van der Waals surface area contributed by atoms with E-state index in [1.165, 1.54) is 0 Å². The SMILES string of the molecule is Cc1cc(C)c(S(=O)(=O)NC(CNc2ccccc2)C(F)(F)F)c(C)c1. The summed E-state index contributed by atoms with van der Waals surface area (Å²) in [6, 6.07) is 9.30. The van der Waals surface area contributed by atoms with Gasteiger partial charge in [0.25, 0.3) is 0 Å². The van der Waals surface area contributed by atoms with E-state index in [-0.39, 0.29) is 4.90 Å². The molecule has 0 aliphatic rings. The fraction of sp³-hybridized carbons (Fsp3) is 0.333. The van der Waals surface area contributed by atoms with Crippen LogP contribution in [0.4, 0.5) is 18.9 Å². The average molecular weight is 386 g/mol. The second-order valence-corrected chi connectivity index (χ2v) is 7.84. The number of halogens is 3. The van der Waals surface area contributed by atoms with Gasteiger partial charge in [-0.05, 0) is 44.0 Å². The smallest absolute Gasteiger partial charge is 0.383 e. The molecule has 0 heterocycles. The number of anilines is 1. The van der Waals surface area contributed by atoms with Crippen molar-refractivity contribution >= 4 is 15.7 Å². The molecule has 8 heteroatoms. The van der Waals surface area contributed by atoms with Crippen molar-refractivity contribution in [3.8, 4) is 0 Å². The number of nitrogens with one attached hydrogen (secondary N) is 2. The molecule has 4 nitrogen and oxygen atoms in total. The fourth-order valence-corrected chi connectivity index (χ4v) is 4.51. The third-order valence-corrected chi connectivity index (χ3v) is 5.63. The Labute approximate surface area is 151 Å². The lowest BCUT2D eigenvalue weighted by Crippen LogP contribution is -2.49. The summed E-state index contributed by atoms with van der Waals surface area (Å²) in [5.74, 6) is 0. The summed E-state index contributed by atoms with van der Waals surface area (Å²) < 4.78 is 67.1. The number of rotatable bonds is 6. The highest BCUT2D eigenvalue weighted by Crippen LogP contribution is 2.26. The van der Waals surface area contributed by atoms with E-state index in [9.17, 15) is 21.6 Å². The van der Waals surface area contributed by atoms with Crippen LogP contribution in [0.25, 0.3) is 0 Å². The first-order chi connectivity index (χ1) is 12.0. The molecule has 0 bridgehead atoms. The molecule has 0 aliphatic carbocycles. The number of hydrogen-bond donors (Lipinski definition) is 2. The Balaban J connectivity index is 2.27. The van der Waals surface area contributed by atoms with Crippen molar-refractivity contribution in [1.82, 2.24) is 4.72 Å². The highest BCUT2D eigenvalue weighted by atomic mass is 32.2. The van der Waals surface area contributed by atoms with Crippen LogP contribution in [0.15, 0.2) is 47.4 Å². The van der Waals surface area contributed by atoms with Crippen molar-refractivity contribution in [2.45, 2.75) is 37.9 Å². The Hall–Kier alpha value is -2.06. The summed E-state index contributed by atoms with van der Waals surface area (Å²) in [6.45, 7) is 4.32. The molecular formula is C18H21F3N2O2S. The van der Waals surface area contributed by atoms with Crippen LogP contribution < -0.4 is 10.0 Å². The molecule has 0 aliphatic heterocycles. The lowest BCUT2D eigenvalue weighted by atomic mass is 10.1. The number of aryl methyl sites for hydroxylation is 3. The quantitative estimate of drug-likeness (QED) is 0.791. The molecule has 2 rings (SSSR count). The predicted molar refractivity (Wildman–Crippen MR) is 95.7 cm³/mol. The van der Waals surface area contributed by atoms with Crippen molar-refractivity contribution in [3.05, 3.63) is 59.2 Å². The first-order valence-corrected chi connectivity index (χ1v) is 9.45. The molecule has 0 spiro atoms. The van der Waals surface area contributed by atoms with Crippen LogP contribution in [0.2, 0.25) is 0 Å². The van der Waals surface area contributed by atoms with E-state index in [1.54, 1.807) is 68.0 Å². The van der Waals surface area contributed by atoms with Crippen LogP contribution in [0, 0.1) is 20.8 Å². The second kappa shape index (κ2) is 7.67. The zero-order valence-corrected chi connectivity index (χ0v) is 15.5. The average Bonchev–Trinajstić information content (AvgIpc) is 2.50. The Morgan fingerprint density at radius 2 is 1.54 bits per heavy atom. The van der Waals surface area contributed by atoms with E-state index in [2.05, 4.69) is 5.32 Å². The maximum absolute atomic E-state index is 13.4. The van der Waals surface area contributed by atoms with E-state index in [0.717, 1.165) is 5.56 Å². The van der Waals surface area contributed by atoms with Gasteiger partial charge in [-0.3, -0.25) is 0 Å². The van der Waals surface area contributed by atoms with Gasteiger partial charge < -0.3 is 5.32 Å². The van der Waals surface area contributed by atoms with Crippen LogP contribution >= 0.6 is 0 Å². The molecule has 1 unspecified atom stereocenters. The zero-order chi connectivity index (χ0) is 19.5. The Morgan fingerprint density at radius 1 is 1.00 bits per heavy atom. The fourth-order valence-electron chi connectivity index (χ4n) is 2.84. The zero-order valence-electron chi connectivity index (χ0n) is 14.7. The predicted octanol–water partition coefficient (Wildman–Crippen LogP) is 3.93. The first kappa shape index (κ1) is 20.3. The molecule has 0 amide bonds. The van der Waals surface area contributed by atoms with Gasteiger partial charge in [0.05, 0.1) is 4.90 Å². The number of sulfonamides is 1. The summed E-state index contributed by atoms with van der Waals surface area (Å²) in [7, 11) is -4.34. The molecule has 0 saturated heterocycles. The first-order valence-electron chi connectivity index (χ1n) is 7.96. The van der Waals surface area contributed by atoms with Crippen molar-refractivity contribution in [2.24, 2.45) is 0 Å². The Bertz CT molecular complexity index is 843. The minimum Gasteiger partial charge on any atom is -0.383 e. The van der Waals surface area contributed by atoms with Crippen LogP contribution in [0.3, 0.4) is 0 Å². The van der Waals surface area contributed by atoms with Crippen molar-refractivity contribution < 1.29 is 21.6 Å². The maximum atomic E-state index is 13.4. The molecule has 2 aromatic rings. The van der Waals surface area contributed by atoms with Crippen molar-refractivity contribution in [3.63, 3.8) is 0 Å². The topological polar surface area (TPSA) is 58.2 Å². The number of para-hydroxylation sites is 1. The minimum absolute atomic E-state index is 0.114. The molecule has 2 N–H and O–H groups in total. The molecule has 0 aromatic heterocycles. The largest absolute Gasteiger partial charge is 0.406 e. The van der Waals surface area contributed by atoms with Gasteiger partial charge in [-0.15, -0.1) is 0 Å². The second-order valence-electron chi connectivity index (χ2n) is 6.19. The van der Waals surface area contributed by atoms with Gasteiger partial charge in [-0.2, -0.15) is 17.9 Å². The molecule has 0 fully saturated rings. The molecule has 2 aromatic carbocycles. The van der Waals surface area contributed by atoms with E-state index >= 15 is 0 Å². The number of alkyl halides is 3. The standard InChI is InChI=1S/C18H21F3N2O2S/c1-12-9-13(2)17(14(3)10-12)26(24,25)23-16(18(19,20)21)11-22-15-7-5-4-6-8-15/h4-10,16,22-23H,11H2,1-3H3. The van der Waals surface area contributed by atoms with Gasteiger partial charge in [-0.25, -0.2) is 8.42 Å². The van der Waals surface area contributed by atoms with Crippen LogP contribution in [-0.4, -0.2) is 27.2 Å². The monoisotopic (exact) mass is 386 g/mol. The van der Waals surface area contributed by atoms with Crippen LogP contribution in [-0.2, 0) is 10.0 Å². The molecule has 26 heavy (non-hydrogen) atoms. The maximum Gasteiger partial charge on any atom is 0.406 e. The third kappa shape index (κ3) is 4.98. The molecule has 1 atom stereocenters. The van der Waals surface area contributed by atoms with Gasteiger partial charge in [0.15, 0.2) is 0 Å². The van der Waals surface area contributed by atoms with Crippen LogP contribution in [0.5, 0.6) is 0 Å². The minimum atomic E-state index is -4.73. The van der Waals surface area contributed by atoms with Gasteiger partial charge >= 0.3 is 6.18 Å². The third-order valence-electron chi connectivity index (χ3n) is 3.85. The molecule has 0 saturated carbocycles. The Morgan fingerprint density at radius 3 is 2.04 bits per heavy atom. The van der Waals surface area contributed by atoms with E-state index in [4.69, 9.17) is 0 Å². The van der Waals surface area contributed by atoms with Gasteiger partial charge in [0.2, 0.25) is 10.0 Å². The van der Waals surface area contributed by atoms with Gasteiger partial charge in [-0.1, -0.05) is 35.9 Å².